The summed E-state index contributed by atoms with van der Waals surface area (Å²) in [6.07, 6.45) is 1.13. The molecule has 5 rings (SSSR count). The predicted molar refractivity (Wildman–Crippen MR) is 199 cm³/mol. The molecule has 1 aliphatic heterocycles. The summed E-state index contributed by atoms with van der Waals surface area (Å²) >= 11 is 0. The van der Waals surface area contributed by atoms with E-state index in [0.29, 0.717) is 29.9 Å². The lowest BCUT2D eigenvalue weighted by atomic mass is 10.0. The van der Waals surface area contributed by atoms with Crippen LogP contribution in [-0.4, -0.2) is 65.0 Å². The monoisotopic (exact) mass is 758 g/mol. The summed E-state index contributed by atoms with van der Waals surface area (Å²) in [6, 6.07) is 27.6. The van der Waals surface area contributed by atoms with E-state index in [4.69, 9.17) is 18.9 Å². The van der Waals surface area contributed by atoms with E-state index >= 15 is 0 Å². The molecule has 1 unspecified atom stereocenters. The number of nitrogens with one attached hydrogen (secondary N) is 3. The molecule has 0 saturated carbocycles. The fourth-order valence-electron chi connectivity index (χ4n) is 5.63. The van der Waals surface area contributed by atoms with Gasteiger partial charge in [-0.15, -0.1) is 0 Å². The van der Waals surface area contributed by atoms with Gasteiger partial charge in [-0.05, 0) is 53.8 Å². The molecule has 1 atom stereocenters. The Morgan fingerprint density at radius 1 is 0.796 bits per heavy atom. The van der Waals surface area contributed by atoms with Crippen molar-refractivity contribution < 1.29 is 46.5 Å². The predicted octanol–water partition coefficient (Wildman–Crippen LogP) is 3.83. The molecule has 4 aromatic carbocycles. The summed E-state index contributed by atoms with van der Waals surface area (Å²) in [5, 5.41) is 5.54. The lowest BCUT2D eigenvalue weighted by Crippen LogP contribution is -2.47. The normalized spacial score (nSPS) is 13.7. The molecule has 0 bridgehead atoms. The van der Waals surface area contributed by atoms with Crippen LogP contribution >= 0.6 is 0 Å². The molecule has 15 heteroatoms. The number of amides is 3. The highest BCUT2D eigenvalue weighted by atomic mass is 32.2. The first-order valence-electron chi connectivity index (χ1n) is 17.2. The molecule has 54 heavy (non-hydrogen) atoms. The van der Waals surface area contributed by atoms with Gasteiger partial charge in [0, 0.05) is 19.9 Å². The van der Waals surface area contributed by atoms with Crippen LogP contribution in [0.15, 0.2) is 97.1 Å². The van der Waals surface area contributed by atoms with Crippen LogP contribution in [-0.2, 0) is 49.0 Å². The summed E-state index contributed by atoms with van der Waals surface area (Å²) in [4.78, 5) is 50.0. The van der Waals surface area contributed by atoms with Gasteiger partial charge >= 0.3 is 16.2 Å². The zero-order valence-corrected chi connectivity index (χ0v) is 30.7. The Balaban J connectivity index is 1.19. The fraction of sp³-hybridized carbons (Fsp3) is 0.282. The third-order valence-corrected chi connectivity index (χ3v) is 9.62. The zero-order valence-electron chi connectivity index (χ0n) is 29.9. The maximum Gasteiger partial charge on any atom is 0.345 e. The summed E-state index contributed by atoms with van der Waals surface area (Å²) in [7, 11) is -2.83. The maximum atomic E-state index is 13.3. The molecular weight excluding hydrogens is 717 g/mol. The van der Waals surface area contributed by atoms with Crippen LogP contribution in [0.4, 0.5) is 5.69 Å². The highest BCUT2D eigenvalue weighted by Crippen LogP contribution is 2.34. The molecule has 0 radical (unpaired) electrons. The van der Waals surface area contributed by atoms with Gasteiger partial charge < -0.3 is 29.6 Å². The number of hydrogen-bond donors (Lipinski definition) is 3. The van der Waals surface area contributed by atoms with Crippen LogP contribution in [0, 0.1) is 0 Å². The molecule has 4 aromatic rings. The van der Waals surface area contributed by atoms with Crippen molar-refractivity contribution in [2.75, 3.05) is 31.1 Å². The molecule has 3 amide bonds. The third kappa shape index (κ3) is 10.7. The summed E-state index contributed by atoms with van der Waals surface area (Å²) < 4.78 is 51.1. The van der Waals surface area contributed by atoms with E-state index in [1.54, 1.807) is 30.3 Å². The Hall–Kier alpha value is -6.09. The van der Waals surface area contributed by atoms with Crippen LogP contribution in [0.3, 0.4) is 0 Å². The van der Waals surface area contributed by atoms with Crippen molar-refractivity contribution in [3.63, 3.8) is 0 Å². The topological polar surface area (TPSA) is 179 Å². The zero-order chi connectivity index (χ0) is 38.5. The van der Waals surface area contributed by atoms with E-state index in [-0.39, 0.29) is 49.8 Å². The maximum absolute atomic E-state index is 13.3. The van der Waals surface area contributed by atoms with Gasteiger partial charge in [-0.2, -0.15) is 8.42 Å². The number of rotatable bonds is 18. The summed E-state index contributed by atoms with van der Waals surface area (Å²) in [5.41, 5.74) is 2.68. The molecule has 1 heterocycles. The fourth-order valence-corrected chi connectivity index (χ4v) is 6.79. The molecule has 3 N–H and O–H groups in total. The van der Waals surface area contributed by atoms with Crippen LogP contribution in [0.1, 0.15) is 46.8 Å². The van der Waals surface area contributed by atoms with Gasteiger partial charge in [-0.3, -0.25) is 14.4 Å². The first kappa shape index (κ1) is 39.1. The van der Waals surface area contributed by atoms with Gasteiger partial charge in [-0.1, -0.05) is 72.8 Å². The minimum absolute atomic E-state index is 0.0689. The highest BCUT2D eigenvalue weighted by molar-refractivity contribution is 7.92. The van der Waals surface area contributed by atoms with E-state index in [2.05, 4.69) is 10.6 Å². The minimum atomic E-state index is -4.12. The number of anilines is 1. The molecule has 284 valence electrons. The minimum Gasteiger partial charge on any atom is -0.493 e. The Morgan fingerprint density at radius 3 is 2.02 bits per heavy atom. The standard InChI is InChI=1S/C39H42N4O10S/c1-27(44)41-31(22-30-18-19-32(43-24-36(45)42-54(43,48)49)35(23-30)53-26-29-14-7-4-8-15-29)38(46)40-20-9-10-21-51-33-16-11-17-34(37(33)39(47)50-2)52-25-28-12-5-3-6-13-28/h3-8,11-19,23,31H,9-10,20-22,24-26H2,1-2H3,(H,40,46)(H,41,44)(H,42,45). The van der Waals surface area contributed by atoms with Crippen LogP contribution in [0.2, 0.25) is 0 Å². The molecule has 1 saturated heterocycles. The number of carbonyl (C=O) groups is 4. The Bertz CT molecular complexity index is 2050. The van der Waals surface area contributed by atoms with E-state index in [1.165, 1.54) is 20.1 Å². The lowest BCUT2D eigenvalue weighted by Gasteiger charge is -2.22. The SMILES string of the molecule is COC(=O)c1c(OCCCCNC(=O)C(Cc2ccc(N3CC(=O)NS3(=O)=O)c(OCc3ccccc3)c2)NC(C)=O)cccc1OCc1ccccc1. The Morgan fingerprint density at radius 2 is 1.43 bits per heavy atom. The number of benzene rings is 4. The molecule has 0 spiro atoms. The Kier molecular flexibility index (Phi) is 13.5. The molecule has 0 aromatic heterocycles. The lowest BCUT2D eigenvalue weighted by molar-refractivity contribution is -0.128. The number of methoxy groups -OCH3 is 1. The van der Waals surface area contributed by atoms with Crippen molar-refractivity contribution in [2.45, 2.75) is 45.4 Å². The van der Waals surface area contributed by atoms with Crippen molar-refractivity contribution in [1.29, 1.82) is 0 Å². The molecule has 1 fully saturated rings. The van der Waals surface area contributed by atoms with Gasteiger partial charge in [0.25, 0.3) is 5.91 Å². The van der Waals surface area contributed by atoms with Gasteiger partial charge in [0.15, 0.2) is 0 Å². The summed E-state index contributed by atoms with van der Waals surface area (Å²) in [6.45, 7) is 1.78. The highest BCUT2D eigenvalue weighted by Gasteiger charge is 2.36. The summed E-state index contributed by atoms with van der Waals surface area (Å²) in [5.74, 6) is -1.28. The van der Waals surface area contributed by atoms with E-state index in [9.17, 15) is 27.6 Å². The smallest absolute Gasteiger partial charge is 0.345 e. The van der Waals surface area contributed by atoms with Crippen molar-refractivity contribution in [3.8, 4) is 17.2 Å². The second-order valence-corrected chi connectivity index (χ2v) is 13.9. The quantitative estimate of drug-likeness (QED) is 0.0998. The van der Waals surface area contributed by atoms with Crippen LogP contribution in [0.25, 0.3) is 0 Å². The molecule has 14 nitrogen and oxygen atoms in total. The first-order valence-corrected chi connectivity index (χ1v) is 18.7. The second kappa shape index (κ2) is 18.6. The number of carbonyl (C=O) groups excluding carboxylic acids is 4. The van der Waals surface area contributed by atoms with Gasteiger partial charge in [0.05, 0.1) is 19.4 Å². The number of ether oxygens (including phenoxy) is 4. The number of nitrogens with zero attached hydrogens (tertiary/aromatic N) is 1. The molecule has 0 aliphatic carbocycles. The van der Waals surface area contributed by atoms with Gasteiger partial charge in [0.2, 0.25) is 11.8 Å². The van der Waals surface area contributed by atoms with Crippen molar-refractivity contribution in [1.82, 2.24) is 15.4 Å². The molecular formula is C39H42N4O10S. The van der Waals surface area contributed by atoms with E-state index in [1.807, 2.05) is 65.4 Å². The van der Waals surface area contributed by atoms with Gasteiger partial charge in [0.1, 0.15) is 48.6 Å². The third-order valence-electron chi connectivity index (χ3n) is 8.23. The van der Waals surface area contributed by atoms with Crippen molar-refractivity contribution in [2.24, 2.45) is 0 Å². The Labute approximate surface area is 313 Å². The van der Waals surface area contributed by atoms with E-state index < -0.39 is 46.5 Å². The van der Waals surface area contributed by atoms with Crippen molar-refractivity contribution in [3.05, 3.63) is 119 Å². The van der Waals surface area contributed by atoms with Crippen molar-refractivity contribution >= 4 is 39.6 Å². The van der Waals surface area contributed by atoms with Crippen LogP contribution in [0.5, 0.6) is 17.2 Å². The largest absolute Gasteiger partial charge is 0.493 e. The number of unbranched alkanes of at least 4 members (excludes halogenated alkanes) is 1. The molecule has 1 aliphatic rings. The average Bonchev–Trinajstić information content (AvgIpc) is 3.45. The number of esters is 1. The van der Waals surface area contributed by atoms with E-state index in [0.717, 1.165) is 15.4 Å². The first-order chi connectivity index (χ1) is 26.0. The average molecular weight is 759 g/mol. The number of hydrogen-bond acceptors (Lipinski definition) is 10. The van der Waals surface area contributed by atoms with Crippen LogP contribution < -0.4 is 33.9 Å². The second-order valence-electron chi connectivity index (χ2n) is 12.3. The van der Waals surface area contributed by atoms with Gasteiger partial charge in [-0.25, -0.2) is 13.8 Å².